The molecule has 0 bridgehead atoms. The van der Waals surface area contributed by atoms with Gasteiger partial charge in [0.15, 0.2) is 0 Å². The van der Waals surface area contributed by atoms with Crippen LogP contribution in [0.3, 0.4) is 0 Å². The summed E-state index contributed by atoms with van der Waals surface area (Å²) in [6.45, 7) is 2.57. The predicted octanol–water partition coefficient (Wildman–Crippen LogP) is 2.75. The van der Waals surface area contributed by atoms with Crippen LogP contribution in [-0.2, 0) is 16.1 Å². The fourth-order valence-electron chi connectivity index (χ4n) is 2.74. The monoisotopic (exact) mass is 350 g/mol. The van der Waals surface area contributed by atoms with Gasteiger partial charge in [0.2, 0.25) is 11.8 Å². The van der Waals surface area contributed by atoms with Crippen LogP contribution in [0.5, 0.6) is 5.75 Å². The third-order valence-corrected chi connectivity index (χ3v) is 5.17. The zero-order chi connectivity index (χ0) is 17.5. The van der Waals surface area contributed by atoms with E-state index in [1.165, 1.54) is 0 Å². The Hall–Kier alpha value is -1.69. The molecule has 2 rings (SSSR count). The molecule has 0 N–H and O–H groups in total. The van der Waals surface area contributed by atoms with E-state index in [-0.39, 0.29) is 17.9 Å². The third kappa shape index (κ3) is 4.66. The van der Waals surface area contributed by atoms with Gasteiger partial charge in [0.25, 0.3) is 0 Å². The molecule has 1 saturated heterocycles. The maximum absolute atomic E-state index is 12.8. The number of nitrogens with zero attached hydrogens (tertiary/aromatic N) is 2. The minimum absolute atomic E-state index is 0.00710. The van der Waals surface area contributed by atoms with Crippen molar-refractivity contribution in [2.75, 3.05) is 25.8 Å². The molecule has 0 spiro atoms. The van der Waals surface area contributed by atoms with Crippen molar-refractivity contribution in [3.05, 3.63) is 29.8 Å². The van der Waals surface area contributed by atoms with E-state index < -0.39 is 0 Å². The number of likely N-dealkylation sites (N-methyl/N-ethyl adjacent to an activating group) is 1. The molecule has 0 aliphatic carbocycles. The topological polar surface area (TPSA) is 49.9 Å². The SMILES string of the molecule is CCCCC(=O)N1CSC[C@@H]1C(=O)N(C)Cc1cccc(OC)c1. The molecule has 1 aliphatic rings. The maximum atomic E-state index is 12.8. The fourth-order valence-corrected chi connectivity index (χ4v) is 3.91. The van der Waals surface area contributed by atoms with Crippen LogP contribution in [-0.4, -0.2) is 53.4 Å². The van der Waals surface area contributed by atoms with E-state index in [2.05, 4.69) is 6.92 Å². The summed E-state index contributed by atoms with van der Waals surface area (Å²) in [6, 6.07) is 7.36. The van der Waals surface area contributed by atoms with Gasteiger partial charge in [-0.1, -0.05) is 25.5 Å². The number of amides is 2. The van der Waals surface area contributed by atoms with Crippen molar-refractivity contribution in [2.24, 2.45) is 0 Å². The number of hydrogen-bond donors (Lipinski definition) is 0. The lowest BCUT2D eigenvalue weighted by Gasteiger charge is -2.27. The number of carbonyl (C=O) groups is 2. The first kappa shape index (κ1) is 18.6. The van der Waals surface area contributed by atoms with Crippen LogP contribution in [0.25, 0.3) is 0 Å². The van der Waals surface area contributed by atoms with E-state index >= 15 is 0 Å². The Labute approximate surface area is 148 Å². The molecule has 2 amide bonds. The molecule has 1 aromatic rings. The molecule has 1 aliphatic heterocycles. The van der Waals surface area contributed by atoms with E-state index in [0.717, 1.165) is 24.2 Å². The second-order valence-corrected chi connectivity index (χ2v) is 7.03. The predicted molar refractivity (Wildman–Crippen MR) is 97.0 cm³/mol. The number of thioether (sulfide) groups is 1. The molecule has 1 atom stereocenters. The second-order valence-electron chi connectivity index (χ2n) is 6.03. The lowest BCUT2D eigenvalue weighted by Crippen LogP contribution is -2.47. The zero-order valence-electron chi connectivity index (χ0n) is 14.7. The molecule has 6 heteroatoms. The average molecular weight is 350 g/mol. The van der Waals surface area contributed by atoms with Crippen LogP contribution >= 0.6 is 11.8 Å². The van der Waals surface area contributed by atoms with E-state index in [0.29, 0.717) is 24.6 Å². The van der Waals surface area contributed by atoms with E-state index in [9.17, 15) is 9.59 Å². The van der Waals surface area contributed by atoms with Crippen LogP contribution in [0.2, 0.25) is 0 Å². The van der Waals surface area contributed by atoms with Crippen molar-refractivity contribution in [2.45, 2.75) is 38.8 Å². The van der Waals surface area contributed by atoms with Crippen LogP contribution in [0.4, 0.5) is 0 Å². The van der Waals surface area contributed by atoms with Crippen molar-refractivity contribution >= 4 is 23.6 Å². The van der Waals surface area contributed by atoms with Crippen LogP contribution < -0.4 is 4.74 Å². The Kier molecular flexibility index (Phi) is 6.97. The van der Waals surface area contributed by atoms with Gasteiger partial charge in [0, 0.05) is 25.8 Å². The maximum Gasteiger partial charge on any atom is 0.246 e. The lowest BCUT2D eigenvalue weighted by atomic mass is 10.1. The van der Waals surface area contributed by atoms with Gasteiger partial charge in [-0.05, 0) is 24.1 Å². The van der Waals surface area contributed by atoms with Crippen molar-refractivity contribution in [1.29, 1.82) is 0 Å². The van der Waals surface area contributed by atoms with Gasteiger partial charge in [-0.15, -0.1) is 11.8 Å². The Morgan fingerprint density at radius 2 is 2.21 bits per heavy atom. The smallest absolute Gasteiger partial charge is 0.246 e. The van der Waals surface area contributed by atoms with Crippen LogP contribution in [0.1, 0.15) is 31.7 Å². The molecular formula is C18H26N2O3S. The summed E-state index contributed by atoms with van der Waals surface area (Å²) < 4.78 is 5.22. The van der Waals surface area contributed by atoms with E-state index in [1.807, 2.05) is 24.3 Å². The summed E-state index contributed by atoms with van der Waals surface area (Å²) in [5.74, 6) is 2.18. The standard InChI is InChI=1S/C18H26N2O3S/c1-4-5-9-17(21)20-13-24-12-16(20)18(22)19(2)11-14-7-6-8-15(10-14)23-3/h6-8,10,16H,4-5,9,11-13H2,1-3H3/t16-/m1/s1. The molecule has 1 aromatic carbocycles. The second kappa shape index (κ2) is 8.97. The molecule has 132 valence electrons. The van der Waals surface area contributed by atoms with E-state index in [4.69, 9.17) is 4.74 Å². The number of methoxy groups -OCH3 is 1. The lowest BCUT2D eigenvalue weighted by molar-refractivity contribution is -0.143. The summed E-state index contributed by atoms with van der Waals surface area (Å²) in [5, 5.41) is 0. The highest BCUT2D eigenvalue weighted by atomic mass is 32.2. The van der Waals surface area contributed by atoms with Crippen molar-refractivity contribution in [3.63, 3.8) is 0 Å². The highest BCUT2D eigenvalue weighted by Crippen LogP contribution is 2.24. The fraction of sp³-hybridized carbons (Fsp3) is 0.556. The molecule has 0 unspecified atom stereocenters. The van der Waals surface area contributed by atoms with Gasteiger partial charge < -0.3 is 14.5 Å². The minimum Gasteiger partial charge on any atom is -0.497 e. The molecule has 0 radical (unpaired) electrons. The number of unbranched alkanes of at least 4 members (excludes halogenated alkanes) is 1. The summed E-state index contributed by atoms with van der Waals surface area (Å²) in [7, 11) is 3.42. The average Bonchev–Trinajstić information content (AvgIpc) is 3.08. The number of benzene rings is 1. The van der Waals surface area contributed by atoms with E-state index in [1.54, 1.807) is 35.7 Å². The summed E-state index contributed by atoms with van der Waals surface area (Å²) in [4.78, 5) is 28.5. The Balaban J connectivity index is 1.99. The molecule has 0 saturated carbocycles. The van der Waals surface area contributed by atoms with Gasteiger partial charge in [-0.3, -0.25) is 9.59 Å². The normalized spacial score (nSPS) is 17.0. The quantitative estimate of drug-likeness (QED) is 0.759. The summed E-state index contributed by atoms with van der Waals surface area (Å²) in [6.07, 6.45) is 2.39. The first-order chi connectivity index (χ1) is 11.6. The molecule has 0 aromatic heterocycles. The molecule has 1 fully saturated rings. The largest absolute Gasteiger partial charge is 0.497 e. The van der Waals surface area contributed by atoms with Crippen molar-refractivity contribution < 1.29 is 14.3 Å². The Bertz CT molecular complexity index is 579. The number of rotatable bonds is 7. The molecule has 24 heavy (non-hydrogen) atoms. The summed E-state index contributed by atoms with van der Waals surface area (Å²) >= 11 is 1.65. The van der Waals surface area contributed by atoms with Gasteiger partial charge in [-0.25, -0.2) is 0 Å². The van der Waals surface area contributed by atoms with Gasteiger partial charge in [0.05, 0.1) is 13.0 Å². The first-order valence-corrected chi connectivity index (χ1v) is 9.47. The molecule has 5 nitrogen and oxygen atoms in total. The summed E-state index contributed by atoms with van der Waals surface area (Å²) in [5.41, 5.74) is 1.01. The highest BCUT2D eigenvalue weighted by Gasteiger charge is 2.35. The number of carbonyl (C=O) groups excluding carboxylic acids is 2. The minimum atomic E-state index is -0.338. The third-order valence-electron chi connectivity index (χ3n) is 4.16. The number of ether oxygens (including phenoxy) is 1. The Morgan fingerprint density at radius 1 is 1.42 bits per heavy atom. The van der Waals surface area contributed by atoms with Gasteiger partial charge in [0.1, 0.15) is 11.8 Å². The van der Waals surface area contributed by atoms with Gasteiger partial charge in [-0.2, -0.15) is 0 Å². The Morgan fingerprint density at radius 3 is 2.92 bits per heavy atom. The van der Waals surface area contributed by atoms with Gasteiger partial charge >= 0.3 is 0 Å². The highest BCUT2D eigenvalue weighted by molar-refractivity contribution is 7.99. The first-order valence-electron chi connectivity index (χ1n) is 8.32. The van der Waals surface area contributed by atoms with Crippen molar-refractivity contribution in [3.8, 4) is 5.75 Å². The van der Waals surface area contributed by atoms with Crippen molar-refractivity contribution in [1.82, 2.24) is 9.80 Å². The van der Waals surface area contributed by atoms with Crippen LogP contribution in [0.15, 0.2) is 24.3 Å². The zero-order valence-corrected chi connectivity index (χ0v) is 15.5. The molecular weight excluding hydrogens is 324 g/mol. The number of hydrogen-bond acceptors (Lipinski definition) is 4. The van der Waals surface area contributed by atoms with Crippen LogP contribution in [0, 0.1) is 0 Å². The molecule has 1 heterocycles.